The van der Waals surface area contributed by atoms with Crippen LogP contribution < -0.4 is 5.73 Å². The van der Waals surface area contributed by atoms with Gasteiger partial charge < -0.3 is 10.8 Å². The number of rotatable bonds is 3. The van der Waals surface area contributed by atoms with Crippen molar-refractivity contribution in [1.29, 1.82) is 0 Å². The maximum absolute atomic E-state index is 11.8. The van der Waals surface area contributed by atoms with Crippen molar-refractivity contribution >= 4 is 11.7 Å². The number of hydrogen-bond donors (Lipinski definition) is 2. The van der Waals surface area contributed by atoms with Gasteiger partial charge in [-0.05, 0) is 31.0 Å². The molecule has 3 N–H and O–H groups in total. The van der Waals surface area contributed by atoms with E-state index >= 15 is 0 Å². The summed E-state index contributed by atoms with van der Waals surface area (Å²) in [6, 6.07) is 14.6. The van der Waals surface area contributed by atoms with Gasteiger partial charge >= 0.3 is 5.97 Å². The zero-order valence-corrected chi connectivity index (χ0v) is 11.1. The van der Waals surface area contributed by atoms with E-state index < -0.39 is 11.4 Å². The number of hydrogen-bond acceptors (Lipinski definition) is 2. The minimum Gasteiger partial charge on any atom is -0.480 e. The first-order valence-corrected chi connectivity index (χ1v) is 6.12. The molecule has 98 valence electrons. The minimum atomic E-state index is -1.14. The molecule has 0 saturated carbocycles. The number of nitrogen functional groups attached to an aromatic ring is 1. The second kappa shape index (κ2) is 4.76. The van der Waals surface area contributed by atoms with Gasteiger partial charge in [0.1, 0.15) is 5.41 Å². The zero-order valence-electron chi connectivity index (χ0n) is 11.1. The Morgan fingerprint density at radius 1 is 1.11 bits per heavy atom. The van der Waals surface area contributed by atoms with E-state index in [0.29, 0.717) is 11.3 Å². The van der Waals surface area contributed by atoms with E-state index in [-0.39, 0.29) is 0 Å². The smallest absolute Gasteiger partial charge is 0.318 e. The first-order valence-electron chi connectivity index (χ1n) is 6.12. The van der Waals surface area contributed by atoms with Gasteiger partial charge in [0.05, 0.1) is 0 Å². The summed E-state index contributed by atoms with van der Waals surface area (Å²) in [5.41, 5.74) is 7.74. The molecule has 2 aromatic carbocycles. The Labute approximate surface area is 112 Å². The van der Waals surface area contributed by atoms with Crippen LogP contribution in [0.2, 0.25) is 0 Å². The Morgan fingerprint density at radius 2 is 1.68 bits per heavy atom. The lowest BCUT2D eigenvalue weighted by atomic mass is 9.75. The number of carbonyl (C=O) groups is 1. The highest BCUT2D eigenvalue weighted by atomic mass is 16.4. The summed E-state index contributed by atoms with van der Waals surface area (Å²) in [4.78, 5) is 11.8. The van der Waals surface area contributed by atoms with Crippen LogP contribution in [0.4, 0.5) is 5.69 Å². The van der Waals surface area contributed by atoms with Crippen LogP contribution in [-0.4, -0.2) is 11.1 Å². The first kappa shape index (κ1) is 13.1. The summed E-state index contributed by atoms with van der Waals surface area (Å²) in [5.74, 6) is -0.908. The summed E-state index contributed by atoms with van der Waals surface area (Å²) in [6.07, 6.45) is 0. The molecule has 0 spiro atoms. The molecule has 0 aliphatic carbocycles. The van der Waals surface area contributed by atoms with Crippen molar-refractivity contribution < 1.29 is 9.90 Å². The molecule has 1 unspecified atom stereocenters. The lowest BCUT2D eigenvalue weighted by molar-refractivity contribution is -0.141. The molecule has 0 fully saturated rings. The Hall–Kier alpha value is -2.29. The van der Waals surface area contributed by atoms with Gasteiger partial charge in [-0.2, -0.15) is 0 Å². The highest BCUT2D eigenvalue weighted by Gasteiger charge is 2.38. The standard InChI is InChI=1S/C16H17NO2/c1-11-7-9-12(10-8-11)16(2,15(18)19)13-5-3-4-6-14(13)17/h3-10H,17H2,1-2H3,(H,18,19). The van der Waals surface area contributed by atoms with Crippen molar-refractivity contribution in [3.05, 3.63) is 65.2 Å². The van der Waals surface area contributed by atoms with Gasteiger partial charge in [-0.1, -0.05) is 48.0 Å². The summed E-state index contributed by atoms with van der Waals surface area (Å²) in [7, 11) is 0. The van der Waals surface area contributed by atoms with Crippen molar-refractivity contribution in [2.45, 2.75) is 19.3 Å². The molecule has 2 aromatic rings. The predicted molar refractivity (Wildman–Crippen MR) is 76.1 cm³/mol. The predicted octanol–water partition coefficient (Wildman–Crippen LogP) is 2.97. The summed E-state index contributed by atoms with van der Waals surface area (Å²) in [6.45, 7) is 3.66. The van der Waals surface area contributed by atoms with E-state index in [1.807, 2.05) is 31.2 Å². The zero-order chi connectivity index (χ0) is 14.0. The third kappa shape index (κ3) is 2.19. The third-order valence-corrected chi connectivity index (χ3v) is 3.56. The Kier molecular flexibility index (Phi) is 3.30. The van der Waals surface area contributed by atoms with Gasteiger partial charge in [0.25, 0.3) is 0 Å². The van der Waals surface area contributed by atoms with E-state index in [0.717, 1.165) is 11.1 Å². The number of anilines is 1. The average Bonchev–Trinajstić information content (AvgIpc) is 2.39. The fourth-order valence-electron chi connectivity index (χ4n) is 2.23. The molecule has 19 heavy (non-hydrogen) atoms. The topological polar surface area (TPSA) is 63.3 Å². The number of nitrogens with two attached hydrogens (primary N) is 1. The number of benzene rings is 2. The summed E-state index contributed by atoms with van der Waals surface area (Å²) < 4.78 is 0. The largest absolute Gasteiger partial charge is 0.480 e. The van der Waals surface area contributed by atoms with Gasteiger partial charge in [-0.15, -0.1) is 0 Å². The van der Waals surface area contributed by atoms with Gasteiger partial charge in [0.2, 0.25) is 0 Å². The summed E-state index contributed by atoms with van der Waals surface area (Å²) in [5, 5.41) is 9.68. The Bertz CT molecular complexity index is 604. The number of para-hydroxylation sites is 1. The molecule has 0 aliphatic rings. The average molecular weight is 255 g/mol. The fraction of sp³-hybridized carbons (Fsp3) is 0.188. The van der Waals surface area contributed by atoms with E-state index in [4.69, 9.17) is 5.73 Å². The number of carboxylic acid groups (broad SMARTS) is 1. The van der Waals surface area contributed by atoms with Crippen molar-refractivity contribution in [3.8, 4) is 0 Å². The number of carboxylic acids is 1. The highest BCUT2D eigenvalue weighted by Crippen LogP contribution is 2.35. The van der Waals surface area contributed by atoms with Crippen molar-refractivity contribution in [3.63, 3.8) is 0 Å². The van der Waals surface area contributed by atoms with Crippen molar-refractivity contribution in [1.82, 2.24) is 0 Å². The lowest BCUT2D eigenvalue weighted by Crippen LogP contribution is -2.34. The summed E-state index contributed by atoms with van der Waals surface area (Å²) >= 11 is 0. The highest BCUT2D eigenvalue weighted by molar-refractivity contribution is 5.87. The normalized spacial score (nSPS) is 13.8. The van der Waals surface area contributed by atoms with Gasteiger partial charge in [-0.25, -0.2) is 0 Å². The van der Waals surface area contributed by atoms with Crippen molar-refractivity contribution in [2.75, 3.05) is 5.73 Å². The molecule has 0 radical (unpaired) electrons. The third-order valence-electron chi connectivity index (χ3n) is 3.56. The van der Waals surface area contributed by atoms with Crippen LogP contribution in [0.3, 0.4) is 0 Å². The molecule has 2 rings (SSSR count). The maximum Gasteiger partial charge on any atom is 0.318 e. The first-order chi connectivity index (χ1) is 8.96. The molecule has 0 bridgehead atoms. The van der Waals surface area contributed by atoms with Crippen LogP contribution in [0.25, 0.3) is 0 Å². The quantitative estimate of drug-likeness (QED) is 0.829. The van der Waals surface area contributed by atoms with Crippen LogP contribution in [0.1, 0.15) is 23.6 Å². The van der Waals surface area contributed by atoms with Gasteiger partial charge in [0, 0.05) is 5.69 Å². The molecular formula is C16H17NO2. The molecule has 0 aliphatic heterocycles. The molecule has 0 amide bonds. The number of aliphatic carboxylic acids is 1. The molecule has 0 saturated heterocycles. The maximum atomic E-state index is 11.8. The molecule has 1 atom stereocenters. The lowest BCUT2D eigenvalue weighted by Gasteiger charge is -2.27. The van der Waals surface area contributed by atoms with Gasteiger partial charge in [-0.3, -0.25) is 4.79 Å². The SMILES string of the molecule is Cc1ccc(C(C)(C(=O)O)c2ccccc2N)cc1. The molecule has 3 nitrogen and oxygen atoms in total. The minimum absolute atomic E-state index is 0.493. The Balaban J connectivity index is 2.65. The van der Waals surface area contributed by atoms with Crippen LogP contribution in [0.5, 0.6) is 0 Å². The Morgan fingerprint density at radius 3 is 2.21 bits per heavy atom. The number of aryl methyl sites for hydroxylation is 1. The van der Waals surface area contributed by atoms with Crippen molar-refractivity contribution in [2.24, 2.45) is 0 Å². The van der Waals surface area contributed by atoms with Crippen LogP contribution >= 0.6 is 0 Å². The molecule has 0 aromatic heterocycles. The molecule has 3 heteroatoms. The van der Waals surface area contributed by atoms with E-state index in [1.54, 1.807) is 31.2 Å². The second-order valence-electron chi connectivity index (χ2n) is 4.88. The molecular weight excluding hydrogens is 238 g/mol. The fourth-order valence-corrected chi connectivity index (χ4v) is 2.23. The molecule has 0 heterocycles. The van der Waals surface area contributed by atoms with E-state index in [2.05, 4.69) is 0 Å². The van der Waals surface area contributed by atoms with Crippen LogP contribution in [-0.2, 0) is 10.2 Å². The van der Waals surface area contributed by atoms with Gasteiger partial charge in [0.15, 0.2) is 0 Å². The monoisotopic (exact) mass is 255 g/mol. The van der Waals surface area contributed by atoms with Crippen LogP contribution in [0.15, 0.2) is 48.5 Å². The van der Waals surface area contributed by atoms with E-state index in [1.165, 1.54) is 0 Å². The second-order valence-corrected chi connectivity index (χ2v) is 4.88. The van der Waals surface area contributed by atoms with E-state index in [9.17, 15) is 9.90 Å². The van der Waals surface area contributed by atoms with Crippen LogP contribution in [0, 0.1) is 6.92 Å².